The molecule has 0 heterocycles. The van der Waals surface area contributed by atoms with Crippen molar-refractivity contribution in [3.8, 4) is 11.5 Å². The molecular formula is C46H32O4P2. The van der Waals surface area contributed by atoms with Crippen LogP contribution in [0.4, 0.5) is 0 Å². The highest BCUT2D eigenvalue weighted by Crippen LogP contribution is 2.51. The van der Waals surface area contributed by atoms with Gasteiger partial charge in [-0.2, -0.15) is 0 Å². The number of hydrogen-bond donors (Lipinski definition) is 0. The van der Waals surface area contributed by atoms with Crippen LogP contribution in [0.1, 0.15) is 0 Å². The average molecular weight is 711 g/mol. The number of hydrogen-bond acceptors (Lipinski definition) is 4. The fraction of sp³-hybridized carbons (Fsp3) is 0. The van der Waals surface area contributed by atoms with E-state index in [0.29, 0.717) is 32.7 Å². The molecular weight excluding hydrogens is 678 g/mol. The molecule has 9 rings (SSSR count). The first-order valence-corrected chi connectivity index (χ1v) is 20.4. The zero-order chi connectivity index (χ0) is 35.1. The Morgan fingerprint density at radius 1 is 0.269 bits per heavy atom. The molecule has 52 heavy (non-hydrogen) atoms. The molecule has 0 fully saturated rings. The van der Waals surface area contributed by atoms with E-state index in [0.717, 1.165) is 43.1 Å². The SMILES string of the molecule is O=P(Oc1ccc(OP(=O)(c2cccc3ccccc23)c2cccc3ccccc23)cc1)(c1cccc2ccccc12)c1cccc2ccccc12. The summed E-state index contributed by atoms with van der Waals surface area (Å²) in [6.45, 7) is 0. The normalized spacial score (nSPS) is 12.0. The molecule has 9 aromatic rings. The molecule has 0 radical (unpaired) electrons. The molecule has 0 aliphatic carbocycles. The highest BCUT2D eigenvalue weighted by Gasteiger charge is 2.35. The molecule has 0 aliphatic heterocycles. The molecule has 0 N–H and O–H groups in total. The Hall–Kier alpha value is -5.92. The Kier molecular flexibility index (Phi) is 8.01. The van der Waals surface area contributed by atoms with Crippen LogP contribution in [0.3, 0.4) is 0 Å². The summed E-state index contributed by atoms with van der Waals surface area (Å²) >= 11 is 0. The van der Waals surface area contributed by atoms with E-state index in [-0.39, 0.29) is 0 Å². The summed E-state index contributed by atoms with van der Waals surface area (Å²) in [5.74, 6) is 0.809. The Balaban J connectivity index is 1.16. The number of benzene rings is 9. The molecule has 0 bridgehead atoms. The van der Waals surface area contributed by atoms with Crippen LogP contribution in [0.25, 0.3) is 43.1 Å². The summed E-state index contributed by atoms with van der Waals surface area (Å²) in [7, 11) is -7.48. The summed E-state index contributed by atoms with van der Waals surface area (Å²) in [4.78, 5) is 0. The maximum absolute atomic E-state index is 15.6. The second kappa shape index (κ2) is 13.0. The fourth-order valence-corrected chi connectivity index (χ4v) is 12.1. The van der Waals surface area contributed by atoms with Crippen molar-refractivity contribution in [1.82, 2.24) is 0 Å². The van der Waals surface area contributed by atoms with E-state index in [1.54, 1.807) is 24.3 Å². The van der Waals surface area contributed by atoms with Gasteiger partial charge in [-0.15, -0.1) is 0 Å². The second-order valence-electron chi connectivity index (χ2n) is 12.8. The average Bonchev–Trinajstić information content (AvgIpc) is 3.20. The second-order valence-corrected chi connectivity index (χ2v) is 17.2. The van der Waals surface area contributed by atoms with Gasteiger partial charge in [0, 0.05) is 0 Å². The van der Waals surface area contributed by atoms with Crippen molar-refractivity contribution in [2.75, 3.05) is 0 Å². The van der Waals surface area contributed by atoms with E-state index in [4.69, 9.17) is 9.05 Å². The first-order chi connectivity index (χ1) is 25.5. The van der Waals surface area contributed by atoms with Gasteiger partial charge in [-0.3, -0.25) is 9.13 Å². The standard InChI is InChI=1S/C46H32O4P2/c47-51(43-25-9-17-33-13-1-5-21-39(33)43,44-26-10-18-34-14-2-6-22-40(34)44)49-37-29-31-38(32-30-37)50-52(48,45-27-11-19-35-15-3-7-23-41(35)45)46-28-12-20-36-16-4-8-24-42(36)46/h1-32H. The van der Waals surface area contributed by atoms with Gasteiger partial charge in [0.25, 0.3) is 0 Å². The molecule has 9 aromatic carbocycles. The zero-order valence-electron chi connectivity index (χ0n) is 28.0. The molecule has 0 aliphatic rings. The van der Waals surface area contributed by atoms with Crippen molar-refractivity contribution in [3.05, 3.63) is 194 Å². The lowest BCUT2D eigenvalue weighted by Gasteiger charge is -2.24. The third kappa shape index (κ3) is 5.49. The molecule has 0 atom stereocenters. The van der Waals surface area contributed by atoms with Crippen LogP contribution in [-0.4, -0.2) is 0 Å². The van der Waals surface area contributed by atoms with Crippen molar-refractivity contribution in [2.45, 2.75) is 0 Å². The van der Waals surface area contributed by atoms with E-state index in [9.17, 15) is 0 Å². The summed E-state index contributed by atoms with van der Waals surface area (Å²) in [5.41, 5.74) is 0. The summed E-state index contributed by atoms with van der Waals surface area (Å²) < 4.78 is 44.7. The monoisotopic (exact) mass is 710 g/mol. The van der Waals surface area contributed by atoms with Crippen molar-refractivity contribution in [2.24, 2.45) is 0 Å². The van der Waals surface area contributed by atoms with Crippen LogP contribution in [0.15, 0.2) is 194 Å². The minimum atomic E-state index is -3.74. The van der Waals surface area contributed by atoms with Crippen LogP contribution >= 0.6 is 14.7 Å². The molecule has 250 valence electrons. The molecule has 0 aromatic heterocycles. The summed E-state index contributed by atoms with van der Waals surface area (Å²) in [6, 6.07) is 62.1. The minimum Gasteiger partial charge on any atom is -0.437 e. The molecule has 0 saturated heterocycles. The van der Waals surface area contributed by atoms with Crippen LogP contribution in [0.5, 0.6) is 11.5 Å². The van der Waals surface area contributed by atoms with Gasteiger partial charge < -0.3 is 9.05 Å². The van der Waals surface area contributed by atoms with E-state index in [1.807, 2.05) is 170 Å². The Morgan fingerprint density at radius 2 is 0.500 bits per heavy atom. The largest absolute Gasteiger partial charge is 0.437 e. The highest BCUT2D eigenvalue weighted by molar-refractivity contribution is 7.76. The molecule has 0 unspecified atom stereocenters. The smallest absolute Gasteiger partial charge is 0.308 e. The van der Waals surface area contributed by atoms with E-state index in [2.05, 4.69) is 0 Å². The summed E-state index contributed by atoms with van der Waals surface area (Å²) in [6.07, 6.45) is 0. The number of fused-ring (bicyclic) bond motifs is 4. The Bertz CT molecular complexity index is 2500. The first-order valence-electron chi connectivity index (χ1n) is 17.1. The zero-order valence-corrected chi connectivity index (χ0v) is 29.8. The Morgan fingerprint density at radius 3 is 0.769 bits per heavy atom. The highest BCUT2D eigenvalue weighted by atomic mass is 31.2. The van der Waals surface area contributed by atoms with Gasteiger partial charge >= 0.3 is 14.7 Å². The predicted octanol–water partition coefficient (Wildman–Crippen LogP) is 10.9. The topological polar surface area (TPSA) is 52.6 Å². The third-order valence-corrected chi connectivity index (χ3v) is 14.7. The lowest BCUT2D eigenvalue weighted by Crippen LogP contribution is -2.22. The van der Waals surface area contributed by atoms with Crippen molar-refractivity contribution < 1.29 is 18.2 Å². The van der Waals surface area contributed by atoms with Gasteiger partial charge in [0.15, 0.2) is 0 Å². The molecule has 0 spiro atoms. The van der Waals surface area contributed by atoms with Gasteiger partial charge in [-0.25, -0.2) is 0 Å². The van der Waals surface area contributed by atoms with E-state index < -0.39 is 14.7 Å². The predicted molar refractivity (Wildman–Crippen MR) is 217 cm³/mol. The van der Waals surface area contributed by atoms with Crippen molar-refractivity contribution >= 4 is 79.0 Å². The van der Waals surface area contributed by atoms with Crippen molar-refractivity contribution in [3.63, 3.8) is 0 Å². The van der Waals surface area contributed by atoms with Crippen LogP contribution < -0.4 is 30.3 Å². The third-order valence-electron chi connectivity index (χ3n) is 9.63. The Labute approximate surface area is 301 Å². The van der Waals surface area contributed by atoms with Crippen LogP contribution in [0, 0.1) is 0 Å². The molecule has 0 saturated carbocycles. The van der Waals surface area contributed by atoms with Crippen molar-refractivity contribution in [1.29, 1.82) is 0 Å². The lowest BCUT2D eigenvalue weighted by molar-refractivity contribution is 0.495. The van der Waals surface area contributed by atoms with Gasteiger partial charge in [0.2, 0.25) is 0 Å². The van der Waals surface area contributed by atoms with E-state index in [1.165, 1.54) is 0 Å². The van der Waals surface area contributed by atoms with Gasteiger partial charge in [-0.05, 0) is 91.6 Å². The molecule has 0 amide bonds. The minimum absolute atomic E-state index is 0.404. The van der Waals surface area contributed by atoms with E-state index >= 15 is 9.13 Å². The maximum atomic E-state index is 15.6. The van der Waals surface area contributed by atoms with Gasteiger partial charge in [0.1, 0.15) is 11.5 Å². The lowest BCUT2D eigenvalue weighted by atomic mass is 10.1. The quantitative estimate of drug-likeness (QED) is 0.147. The fourth-order valence-electron chi connectivity index (χ4n) is 7.17. The van der Waals surface area contributed by atoms with Crippen LogP contribution in [-0.2, 0) is 9.13 Å². The molecule has 4 nitrogen and oxygen atoms in total. The molecule has 6 heteroatoms. The number of rotatable bonds is 8. The first kappa shape index (κ1) is 32.0. The van der Waals surface area contributed by atoms with Gasteiger partial charge in [-0.1, -0.05) is 146 Å². The summed E-state index contributed by atoms with van der Waals surface area (Å²) in [5, 5.41) is 9.88. The maximum Gasteiger partial charge on any atom is 0.308 e. The van der Waals surface area contributed by atoms with Gasteiger partial charge in [0.05, 0.1) is 21.2 Å². The van der Waals surface area contributed by atoms with Crippen LogP contribution in [0.2, 0.25) is 0 Å².